The summed E-state index contributed by atoms with van der Waals surface area (Å²) < 4.78 is 5.71. The van der Waals surface area contributed by atoms with Crippen molar-refractivity contribution in [2.45, 2.75) is 17.9 Å². The van der Waals surface area contributed by atoms with E-state index in [0.29, 0.717) is 23.2 Å². The lowest BCUT2D eigenvalue weighted by Gasteiger charge is -2.07. The van der Waals surface area contributed by atoms with Crippen molar-refractivity contribution in [3.63, 3.8) is 0 Å². The first-order valence-electron chi connectivity index (χ1n) is 6.68. The number of benzene rings is 2. The van der Waals surface area contributed by atoms with E-state index in [9.17, 15) is 0 Å². The molecule has 2 N–H and O–H groups in total. The third-order valence-corrected chi connectivity index (χ3v) is 4.67. The first-order chi connectivity index (χ1) is 10.2. The molecule has 0 aromatic heterocycles. The van der Waals surface area contributed by atoms with Gasteiger partial charge in [0.1, 0.15) is 5.75 Å². The number of hydrogen-bond donors (Lipinski definition) is 1. The van der Waals surface area contributed by atoms with E-state index in [1.165, 1.54) is 0 Å². The fraction of sp³-hybridized carbons (Fsp3) is 0.250. The molecule has 0 saturated carbocycles. The van der Waals surface area contributed by atoms with Gasteiger partial charge in [-0.2, -0.15) is 0 Å². The number of ether oxygens (including phenoxy) is 1. The molecular formula is C16H17Cl2NOS. The van der Waals surface area contributed by atoms with Gasteiger partial charge in [0.25, 0.3) is 0 Å². The molecule has 0 aliphatic carbocycles. The van der Waals surface area contributed by atoms with Crippen LogP contribution in [-0.2, 0) is 6.54 Å². The van der Waals surface area contributed by atoms with Crippen molar-refractivity contribution < 1.29 is 4.74 Å². The van der Waals surface area contributed by atoms with Crippen molar-refractivity contribution in [3.05, 3.63) is 58.1 Å². The molecule has 0 unspecified atom stereocenters. The zero-order valence-electron chi connectivity index (χ0n) is 11.5. The quantitative estimate of drug-likeness (QED) is 0.567. The predicted molar refractivity (Wildman–Crippen MR) is 91.6 cm³/mol. The van der Waals surface area contributed by atoms with Gasteiger partial charge in [-0.15, -0.1) is 11.8 Å². The van der Waals surface area contributed by atoms with E-state index in [1.54, 1.807) is 11.8 Å². The second kappa shape index (κ2) is 8.54. The molecule has 2 aromatic carbocycles. The lowest BCUT2D eigenvalue weighted by Crippen LogP contribution is -2.00. The number of nitrogens with two attached hydrogens (primary N) is 1. The van der Waals surface area contributed by atoms with E-state index in [4.69, 9.17) is 33.7 Å². The number of thioether (sulfide) groups is 1. The highest BCUT2D eigenvalue weighted by molar-refractivity contribution is 7.99. The van der Waals surface area contributed by atoms with Gasteiger partial charge in [0.15, 0.2) is 0 Å². The van der Waals surface area contributed by atoms with Crippen molar-refractivity contribution in [1.29, 1.82) is 0 Å². The van der Waals surface area contributed by atoms with Crippen LogP contribution in [0.2, 0.25) is 10.0 Å². The van der Waals surface area contributed by atoms with Gasteiger partial charge in [-0.1, -0.05) is 35.3 Å². The summed E-state index contributed by atoms with van der Waals surface area (Å²) in [6, 6.07) is 13.6. The van der Waals surface area contributed by atoms with Gasteiger partial charge in [0, 0.05) is 17.2 Å². The molecule has 0 heterocycles. The normalized spacial score (nSPS) is 10.6. The minimum Gasteiger partial charge on any atom is -0.494 e. The molecule has 0 aliphatic heterocycles. The van der Waals surface area contributed by atoms with Crippen LogP contribution in [-0.4, -0.2) is 12.4 Å². The third kappa shape index (κ3) is 5.44. The van der Waals surface area contributed by atoms with Crippen LogP contribution in [0.5, 0.6) is 5.75 Å². The van der Waals surface area contributed by atoms with Crippen LogP contribution in [0.1, 0.15) is 12.0 Å². The van der Waals surface area contributed by atoms with E-state index in [-0.39, 0.29) is 0 Å². The van der Waals surface area contributed by atoms with E-state index in [2.05, 4.69) is 0 Å². The van der Waals surface area contributed by atoms with Crippen LogP contribution >= 0.6 is 35.0 Å². The average molecular weight is 342 g/mol. The molecule has 2 rings (SSSR count). The Labute approximate surface area is 139 Å². The number of rotatable bonds is 7. The lowest BCUT2D eigenvalue weighted by molar-refractivity contribution is 0.318. The van der Waals surface area contributed by atoms with Crippen molar-refractivity contribution in [2.75, 3.05) is 12.4 Å². The molecule has 0 atom stereocenters. The van der Waals surface area contributed by atoms with Gasteiger partial charge in [-0.25, -0.2) is 0 Å². The molecule has 0 bridgehead atoms. The number of halogens is 2. The van der Waals surface area contributed by atoms with Crippen molar-refractivity contribution in [2.24, 2.45) is 5.73 Å². The Kier molecular flexibility index (Phi) is 6.71. The van der Waals surface area contributed by atoms with Crippen LogP contribution in [0, 0.1) is 0 Å². The van der Waals surface area contributed by atoms with Gasteiger partial charge in [0.05, 0.1) is 16.7 Å². The highest BCUT2D eigenvalue weighted by Gasteiger charge is 2.01. The smallest absolute Gasteiger partial charge is 0.119 e. The summed E-state index contributed by atoms with van der Waals surface area (Å²) in [5.41, 5.74) is 6.68. The number of hydrogen-bond acceptors (Lipinski definition) is 3. The highest BCUT2D eigenvalue weighted by Crippen LogP contribution is 2.28. The second-order valence-electron chi connectivity index (χ2n) is 4.48. The SMILES string of the molecule is NCc1cccc(OCCCSc2ccc(Cl)c(Cl)c2)c1. The van der Waals surface area contributed by atoms with Crippen molar-refractivity contribution >= 4 is 35.0 Å². The van der Waals surface area contributed by atoms with Gasteiger partial charge >= 0.3 is 0 Å². The van der Waals surface area contributed by atoms with E-state index >= 15 is 0 Å². The summed E-state index contributed by atoms with van der Waals surface area (Å²) >= 11 is 13.6. The van der Waals surface area contributed by atoms with E-state index in [0.717, 1.165) is 28.4 Å². The summed E-state index contributed by atoms with van der Waals surface area (Å²) in [7, 11) is 0. The van der Waals surface area contributed by atoms with Gasteiger partial charge in [-0.05, 0) is 42.3 Å². The fourth-order valence-corrected chi connectivity index (χ4v) is 2.99. The molecule has 0 radical (unpaired) electrons. The molecule has 21 heavy (non-hydrogen) atoms. The molecule has 0 amide bonds. The molecule has 2 nitrogen and oxygen atoms in total. The first-order valence-corrected chi connectivity index (χ1v) is 8.43. The zero-order chi connectivity index (χ0) is 15.1. The fourth-order valence-electron chi connectivity index (χ4n) is 1.77. The zero-order valence-corrected chi connectivity index (χ0v) is 13.8. The lowest BCUT2D eigenvalue weighted by atomic mass is 10.2. The molecule has 2 aromatic rings. The monoisotopic (exact) mass is 341 g/mol. The molecule has 0 fully saturated rings. The Balaban J connectivity index is 1.71. The van der Waals surface area contributed by atoms with Gasteiger partial charge in [0.2, 0.25) is 0 Å². The van der Waals surface area contributed by atoms with Gasteiger partial charge < -0.3 is 10.5 Å². The van der Waals surface area contributed by atoms with Crippen LogP contribution < -0.4 is 10.5 Å². The largest absolute Gasteiger partial charge is 0.494 e. The van der Waals surface area contributed by atoms with E-state index in [1.807, 2.05) is 42.5 Å². The maximum atomic E-state index is 5.98. The van der Waals surface area contributed by atoms with Crippen LogP contribution in [0.15, 0.2) is 47.4 Å². The predicted octanol–water partition coefficient (Wildman–Crippen LogP) is 5.01. The topological polar surface area (TPSA) is 35.2 Å². The molecule has 0 saturated heterocycles. The molecule has 0 aliphatic rings. The molecule has 0 spiro atoms. The van der Waals surface area contributed by atoms with Crippen molar-refractivity contribution in [3.8, 4) is 5.75 Å². The standard InChI is InChI=1S/C16H17Cl2NOS/c17-15-6-5-14(10-16(15)18)21-8-2-7-20-13-4-1-3-12(9-13)11-19/h1,3-6,9-10H,2,7-8,11,19H2. The summed E-state index contributed by atoms with van der Waals surface area (Å²) in [4.78, 5) is 1.12. The minimum atomic E-state index is 0.532. The Morgan fingerprint density at radius 1 is 1.05 bits per heavy atom. The van der Waals surface area contributed by atoms with Crippen LogP contribution in [0.3, 0.4) is 0 Å². The van der Waals surface area contributed by atoms with E-state index < -0.39 is 0 Å². The first kappa shape index (κ1) is 16.5. The molecular weight excluding hydrogens is 325 g/mol. The van der Waals surface area contributed by atoms with Crippen molar-refractivity contribution in [1.82, 2.24) is 0 Å². The third-order valence-electron chi connectivity index (χ3n) is 2.85. The Bertz CT molecular complexity index is 592. The van der Waals surface area contributed by atoms with Crippen LogP contribution in [0.4, 0.5) is 0 Å². The molecule has 112 valence electrons. The summed E-state index contributed by atoms with van der Waals surface area (Å²) in [6.45, 7) is 1.22. The van der Waals surface area contributed by atoms with Gasteiger partial charge in [-0.3, -0.25) is 0 Å². The average Bonchev–Trinajstić information content (AvgIpc) is 2.50. The summed E-state index contributed by atoms with van der Waals surface area (Å²) in [5.74, 6) is 1.84. The highest BCUT2D eigenvalue weighted by atomic mass is 35.5. The Morgan fingerprint density at radius 3 is 2.67 bits per heavy atom. The molecule has 5 heteroatoms. The summed E-state index contributed by atoms with van der Waals surface area (Å²) in [5, 5.41) is 1.18. The Hall–Kier alpha value is -0.870. The second-order valence-corrected chi connectivity index (χ2v) is 6.46. The maximum absolute atomic E-state index is 5.98. The van der Waals surface area contributed by atoms with Crippen LogP contribution in [0.25, 0.3) is 0 Å². The summed E-state index contributed by atoms with van der Waals surface area (Å²) in [6.07, 6.45) is 0.956. The minimum absolute atomic E-state index is 0.532. The maximum Gasteiger partial charge on any atom is 0.119 e. The Morgan fingerprint density at radius 2 is 1.90 bits per heavy atom.